The monoisotopic (exact) mass is 475 g/mol. The molecule has 0 spiro atoms. The van der Waals surface area contributed by atoms with Crippen LogP contribution in [0.15, 0.2) is 24.4 Å². The first-order valence-electron chi connectivity index (χ1n) is 12.1. The molecule has 2 atom stereocenters. The Bertz CT molecular complexity index is 1380. The first-order chi connectivity index (χ1) is 16.8. The van der Waals surface area contributed by atoms with Crippen LogP contribution in [0.5, 0.6) is 5.88 Å². The Morgan fingerprint density at radius 3 is 2.89 bits per heavy atom. The van der Waals surface area contributed by atoms with E-state index in [-0.39, 0.29) is 12.2 Å². The topological polar surface area (TPSA) is 97.0 Å². The highest BCUT2D eigenvalue weighted by atomic mass is 16.5. The number of aryl methyl sites for hydroxylation is 2. The van der Waals surface area contributed by atoms with Gasteiger partial charge in [-0.05, 0) is 64.1 Å². The van der Waals surface area contributed by atoms with Crippen LogP contribution in [0.25, 0.3) is 34.2 Å². The molecule has 9 nitrogen and oxygen atoms in total. The van der Waals surface area contributed by atoms with Crippen molar-refractivity contribution in [3.8, 4) is 17.0 Å². The van der Waals surface area contributed by atoms with E-state index in [4.69, 9.17) is 9.84 Å². The fraction of sp³-hybridized carbons (Fsp3) is 0.423. The first-order valence-corrected chi connectivity index (χ1v) is 12.1. The number of H-pyrrole nitrogens is 1. The second kappa shape index (κ2) is 9.31. The van der Waals surface area contributed by atoms with Crippen molar-refractivity contribution < 1.29 is 9.84 Å². The molecule has 0 aliphatic carbocycles. The average Bonchev–Trinajstić information content (AvgIpc) is 3.46. The minimum atomic E-state index is -0.366. The maximum absolute atomic E-state index is 9.79. The van der Waals surface area contributed by atoms with E-state index in [2.05, 4.69) is 65.4 Å². The van der Waals surface area contributed by atoms with Crippen LogP contribution in [-0.2, 0) is 20.1 Å². The summed E-state index contributed by atoms with van der Waals surface area (Å²) in [6, 6.07) is 6.22. The van der Waals surface area contributed by atoms with Gasteiger partial charge in [-0.2, -0.15) is 15.3 Å². The molecule has 1 aliphatic rings. The molecule has 0 saturated carbocycles. The van der Waals surface area contributed by atoms with E-state index in [0.29, 0.717) is 19.5 Å². The van der Waals surface area contributed by atoms with Crippen molar-refractivity contribution in [2.24, 2.45) is 7.05 Å². The van der Waals surface area contributed by atoms with E-state index < -0.39 is 0 Å². The van der Waals surface area contributed by atoms with Crippen molar-refractivity contribution in [1.82, 2.24) is 34.7 Å². The molecule has 9 heteroatoms. The SMILES string of the molecule is Cc1c2c(nn1CCC(C)O)CN(C)CC(C)Oc1c(cnn1C)-c1ccc3n[nH]c(c3c1)/C=C/2. The number of benzene rings is 1. The molecule has 2 unspecified atom stereocenters. The van der Waals surface area contributed by atoms with Gasteiger partial charge in [-0.15, -0.1) is 0 Å². The summed E-state index contributed by atoms with van der Waals surface area (Å²) < 4.78 is 10.2. The molecule has 0 amide bonds. The zero-order valence-corrected chi connectivity index (χ0v) is 21.0. The van der Waals surface area contributed by atoms with Gasteiger partial charge in [0.25, 0.3) is 0 Å². The highest BCUT2D eigenvalue weighted by Crippen LogP contribution is 2.33. The normalized spacial score (nSPS) is 18.5. The number of fused-ring (bicyclic) bond motifs is 4. The van der Waals surface area contributed by atoms with Crippen LogP contribution in [-0.4, -0.2) is 65.6 Å². The number of aromatic nitrogens is 6. The molecule has 0 radical (unpaired) electrons. The second-order valence-corrected chi connectivity index (χ2v) is 9.62. The number of nitrogens with one attached hydrogen (secondary N) is 1. The van der Waals surface area contributed by atoms with Crippen LogP contribution >= 0.6 is 0 Å². The van der Waals surface area contributed by atoms with Gasteiger partial charge < -0.3 is 9.84 Å². The highest BCUT2D eigenvalue weighted by Gasteiger charge is 2.20. The van der Waals surface area contributed by atoms with Gasteiger partial charge in [0.2, 0.25) is 5.88 Å². The molecular weight excluding hydrogens is 442 g/mol. The van der Waals surface area contributed by atoms with Gasteiger partial charge in [-0.25, -0.2) is 4.68 Å². The number of rotatable bonds is 3. The molecular formula is C26H33N7O2. The summed E-state index contributed by atoms with van der Waals surface area (Å²) in [5, 5.41) is 27.9. The van der Waals surface area contributed by atoms with E-state index in [1.165, 1.54) is 0 Å². The zero-order chi connectivity index (χ0) is 24.7. The van der Waals surface area contributed by atoms with Gasteiger partial charge in [0.05, 0.1) is 34.8 Å². The summed E-state index contributed by atoms with van der Waals surface area (Å²) in [6.45, 7) is 8.06. The lowest BCUT2D eigenvalue weighted by atomic mass is 10.0. The number of ether oxygens (including phenoxy) is 1. The number of nitrogens with zero attached hydrogens (tertiary/aromatic N) is 6. The maximum atomic E-state index is 9.79. The minimum absolute atomic E-state index is 0.0510. The fourth-order valence-corrected chi connectivity index (χ4v) is 4.73. The molecule has 4 aromatic rings. The Hall–Kier alpha value is -3.43. The fourth-order valence-electron chi connectivity index (χ4n) is 4.73. The molecule has 3 aromatic heterocycles. The predicted octanol–water partition coefficient (Wildman–Crippen LogP) is 3.62. The van der Waals surface area contributed by atoms with Crippen molar-refractivity contribution >= 4 is 23.1 Å². The predicted molar refractivity (Wildman–Crippen MR) is 137 cm³/mol. The number of aliphatic hydroxyl groups excluding tert-OH is 1. The Morgan fingerprint density at radius 2 is 2.09 bits per heavy atom. The molecule has 0 fully saturated rings. The lowest BCUT2D eigenvalue weighted by Gasteiger charge is -2.22. The Morgan fingerprint density at radius 1 is 1.26 bits per heavy atom. The summed E-state index contributed by atoms with van der Waals surface area (Å²) in [4.78, 5) is 2.23. The molecule has 1 aliphatic heterocycles. The summed E-state index contributed by atoms with van der Waals surface area (Å²) in [6.07, 6.45) is 6.30. The summed E-state index contributed by atoms with van der Waals surface area (Å²) in [5.41, 5.74) is 7.02. The molecule has 5 rings (SSSR count). The van der Waals surface area contributed by atoms with E-state index in [1.54, 1.807) is 4.68 Å². The van der Waals surface area contributed by atoms with Crippen LogP contribution in [0.1, 0.15) is 42.9 Å². The van der Waals surface area contributed by atoms with Crippen LogP contribution in [0, 0.1) is 6.92 Å². The number of hydrogen-bond acceptors (Lipinski definition) is 6. The lowest BCUT2D eigenvalue weighted by Crippen LogP contribution is -2.31. The molecule has 1 aromatic carbocycles. The largest absolute Gasteiger partial charge is 0.473 e. The molecule has 4 heterocycles. The first kappa shape index (κ1) is 23.3. The van der Waals surface area contributed by atoms with E-state index >= 15 is 0 Å². The molecule has 2 N–H and O–H groups in total. The van der Waals surface area contributed by atoms with Gasteiger partial charge in [0.1, 0.15) is 6.10 Å². The third-order valence-electron chi connectivity index (χ3n) is 6.58. The van der Waals surface area contributed by atoms with Crippen molar-refractivity contribution in [3.63, 3.8) is 0 Å². The van der Waals surface area contributed by atoms with Gasteiger partial charge in [0, 0.05) is 43.3 Å². The number of aliphatic hydroxyl groups is 1. The summed E-state index contributed by atoms with van der Waals surface area (Å²) in [7, 11) is 3.99. The summed E-state index contributed by atoms with van der Waals surface area (Å²) in [5.74, 6) is 0.750. The van der Waals surface area contributed by atoms with Crippen LogP contribution < -0.4 is 4.74 Å². The van der Waals surface area contributed by atoms with Crippen molar-refractivity contribution in [2.45, 2.75) is 52.5 Å². The number of aromatic amines is 1. The minimum Gasteiger partial charge on any atom is -0.473 e. The molecule has 2 bridgehead atoms. The van der Waals surface area contributed by atoms with Crippen LogP contribution in [0.2, 0.25) is 0 Å². The second-order valence-electron chi connectivity index (χ2n) is 9.62. The number of hydrogen-bond donors (Lipinski definition) is 2. The zero-order valence-electron chi connectivity index (χ0n) is 21.0. The highest BCUT2D eigenvalue weighted by molar-refractivity contribution is 5.93. The smallest absolute Gasteiger partial charge is 0.219 e. The van der Waals surface area contributed by atoms with Crippen molar-refractivity contribution in [1.29, 1.82) is 0 Å². The van der Waals surface area contributed by atoms with E-state index in [9.17, 15) is 5.11 Å². The van der Waals surface area contributed by atoms with Gasteiger partial charge in [-0.3, -0.25) is 14.7 Å². The Balaban J connectivity index is 1.63. The Labute approximate surface area is 205 Å². The van der Waals surface area contributed by atoms with E-state index in [0.717, 1.165) is 57.1 Å². The Kier molecular flexibility index (Phi) is 6.21. The third kappa shape index (κ3) is 4.61. The standard InChI is InChI=1S/C26H33N7O2/c1-16(34)10-11-33-18(3)20-7-9-24-21-12-19(6-8-23(21)28-29-24)22-13-27-32(5)26(22)35-17(2)14-31(4)15-25(20)30-33/h6-9,12-13,16-17,34H,10-11,14-15H2,1-5H3,(H,28,29)/b9-7+. The third-order valence-corrected chi connectivity index (χ3v) is 6.58. The van der Waals surface area contributed by atoms with Crippen molar-refractivity contribution in [3.05, 3.63) is 47.0 Å². The number of likely N-dealkylation sites (N-methyl/N-ethyl adjacent to an activating group) is 1. The van der Waals surface area contributed by atoms with E-state index in [1.807, 2.05) is 30.9 Å². The molecule has 35 heavy (non-hydrogen) atoms. The van der Waals surface area contributed by atoms with Gasteiger partial charge in [0.15, 0.2) is 0 Å². The molecule has 0 saturated heterocycles. The van der Waals surface area contributed by atoms with Crippen molar-refractivity contribution in [2.75, 3.05) is 13.6 Å². The van der Waals surface area contributed by atoms with Gasteiger partial charge in [-0.1, -0.05) is 6.07 Å². The lowest BCUT2D eigenvalue weighted by molar-refractivity contribution is 0.147. The van der Waals surface area contributed by atoms with Crippen LogP contribution in [0.3, 0.4) is 0 Å². The average molecular weight is 476 g/mol. The van der Waals surface area contributed by atoms with Crippen LogP contribution in [0.4, 0.5) is 0 Å². The summed E-state index contributed by atoms with van der Waals surface area (Å²) >= 11 is 0. The quantitative estimate of drug-likeness (QED) is 0.470. The van der Waals surface area contributed by atoms with Gasteiger partial charge >= 0.3 is 0 Å². The molecule has 184 valence electrons. The maximum Gasteiger partial charge on any atom is 0.219 e.